The number of aromatic nitrogens is 3. The molecule has 0 aliphatic heterocycles. The first-order valence-corrected chi connectivity index (χ1v) is 7.23. The average molecular weight is 343 g/mol. The molecular formula is C17H12F3N5. The van der Waals surface area contributed by atoms with E-state index in [1.54, 1.807) is 54.9 Å². The van der Waals surface area contributed by atoms with E-state index in [0.29, 0.717) is 11.1 Å². The molecule has 0 spiro atoms. The van der Waals surface area contributed by atoms with Crippen LogP contribution < -0.4 is 5.43 Å². The van der Waals surface area contributed by atoms with E-state index in [9.17, 15) is 13.2 Å². The van der Waals surface area contributed by atoms with Gasteiger partial charge in [-0.05, 0) is 6.07 Å². The molecule has 2 heterocycles. The number of anilines is 1. The van der Waals surface area contributed by atoms with Gasteiger partial charge in [0.1, 0.15) is 0 Å². The van der Waals surface area contributed by atoms with Crippen molar-refractivity contribution in [3.8, 4) is 11.4 Å². The molecule has 25 heavy (non-hydrogen) atoms. The molecule has 8 heteroatoms. The van der Waals surface area contributed by atoms with Gasteiger partial charge in [-0.2, -0.15) is 18.3 Å². The van der Waals surface area contributed by atoms with Crippen LogP contribution in [0.25, 0.3) is 11.4 Å². The monoisotopic (exact) mass is 343 g/mol. The van der Waals surface area contributed by atoms with Gasteiger partial charge in [-0.15, -0.1) is 0 Å². The Morgan fingerprint density at radius 3 is 2.48 bits per heavy atom. The SMILES string of the molecule is FC(F)(F)c1cc(N/N=C/c2cccnc2)nc(-c2ccccc2)n1. The van der Waals surface area contributed by atoms with Crippen LogP contribution in [0.4, 0.5) is 19.0 Å². The molecule has 0 aliphatic carbocycles. The lowest BCUT2D eigenvalue weighted by atomic mass is 10.2. The van der Waals surface area contributed by atoms with Crippen LogP contribution in [0.15, 0.2) is 66.0 Å². The Kier molecular flexibility index (Phi) is 4.69. The third-order valence-corrected chi connectivity index (χ3v) is 3.13. The van der Waals surface area contributed by atoms with Crippen molar-refractivity contribution in [2.75, 3.05) is 5.43 Å². The second-order valence-corrected chi connectivity index (χ2v) is 4.98. The van der Waals surface area contributed by atoms with Crippen LogP contribution in [0.1, 0.15) is 11.3 Å². The lowest BCUT2D eigenvalue weighted by Crippen LogP contribution is -2.11. The number of hydrogen-bond donors (Lipinski definition) is 1. The fraction of sp³-hybridized carbons (Fsp3) is 0.0588. The van der Waals surface area contributed by atoms with E-state index < -0.39 is 11.9 Å². The predicted octanol–water partition coefficient (Wildman–Crippen LogP) is 4.00. The third-order valence-electron chi connectivity index (χ3n) is 3.13. The Hall–Kier alpha value is -3.29. The number of pyridine rings is 1. The molecule has 0 aliphatic rings. The van der Waals surface area contributed by atoms with Gasteiger partial charge in [0.15, 0.2) is 17.3 Å². The minimum Gasteiger partial charge on any atom is -0.264 e. The number of hydrazone groups is 1. The number of halogens is 3. The second kappa shape index (κ2) is 7.08. The molecule has 0 amide bonds. The van der Waals surface area contributed by atoms with E-state index in [1.807, 2.05) is 0 Å². The van der Waals surface area contributed by atoms with Crippen LogP contribution >= 0.6 is 0 Å². The van der Waals surface area contributed by atoms with Crippen LogP contribution in [0.5, 0.6) is 0 Å². The number of nitrogens with one attached hydrogen (secondary N) is 1. The van der Waals surface area contributed by atoms with Crippen molar-refractivity contribution in [1.82, 2.24) is 15.0 Å². The molecule has 3 rings (SSSR count). The quantitative estimate of drug-likeness (QED) is 0.574. The predicted molar refractivity (Wildman–Crippen MR) is 87.9 cm³/mol. The minimum absolute atomic E-state index is 0.0329. The molecule has 1 aromatic carbocycles. The van der Waals surface area contributed by atoms with E-state index in [1.165, 1.54) is 6.21 Å². The Bertz CT molecular complexity index is 864. The molecule has 0 unspecified atom stereocenters. The highest BCUT2D eigenvalue weighted by Gasteiger charge is 2.33. The van der Waals surface area contributed by atoms with Gasteiger partial charge < -0.3 is 0 Å². The van der Waals surface area contributed by atoms with E-state index in [4.69, 9.17) is 0 Å². The summed E-state index contributed by atoms with van der Waals surface area (Å²) in [5.74, 6) is -0.0872. The summed E-state index contributed by atoms with van der Waals surface area (Å²) in [5.41, 5.74) is 2.64. The summed E-state index contributed by atoms with van der Waals surface area (Å²) in [6.07, 6.45) is 0.0269. The summed E-state index contributed by atoms with van der Waals surface area (Å²) in [4.78, 5) is 11.6. The van der Waals surface area contributed by atoms with E-state index in [-0.39, 0.29) is 11.6 Å². The van der Waals surface area contributed by atoms with Gasteiger partial charge in [0.25, 0.3) is 0 Å². The van der Waals surface area contributed by atoms with E-state index >= 15 is 0 Å². The normalized spacial score (nSPS) is 11.6. The smallest absolute Gasteiger partial charge is 0.264 e. The number of hydrogen-bond acceptors (Lipinski definition) is 5. The molecule has 3 aromatic rings. The van der Waals surface area contributed by atoms with Crippen molar-refractivity contribution >= 4 is 12.0 Å². The van der Waals surface area contributed by atoms with Gasteiger partial charge in [-0.3, -0.25) is 10.4 Å². The summed E-state index contributed by atoms with van der Waals surface area (Å²) in [5, 5.41) is 3.90. The third kappa shape index (κ3) is 4.37. The van der Waals surface area contributed by atoms with E-state index in [0.717, 1.165) is 6.07 Å². The molecular weight excluding hydrogens is 331 g/mol. The molecule has 2 aromatic heterocycles. The number of nitrogens with zero attached hydrogens (tertiary/aromatic N) is 4. The molecule has 126 valence electrons. The average Bonchev–Trinajstić information content (AvgIpc) is 2.62. The standard InChI is InChI=1S/C17H12F3N5/c18-17(19,20)14-9-15(25-22-11-12-5-4-8-21-10-12)24-16(23-14)13-6-2-1-3-7-13/h1-11H,(H,23,24,25)/b22-11+. The van der Waals surface area contributed by atoms with Crippen LogP contribution in [0, 0.1) is 0 Å². The van der Waals surface area contributed by atoms with Gasteiger partial charge in [0.05, 0.1) is 6.21 Å². The number of benzene rings is 1. The molecule has 0 saturated carbocycles. The van der Waals surface area contributed by atoms with Crippen molar-refractivity contribution < 1.29 is 13.2 Å². The van der Waals surface area contributed by atoms with Crippen molar-refractivity contribution in [2.45, 2.75) is 6.18 Å². The van der Waals surface area contributed by atoms with Crippen molar-refractivity contribution in [2.24, 2.45) is 5.10 Å². The van der Waals surface area contributed by atoms with Crippen LogP contribution in [-0.2, 0) is 6.18 Å². The molecule has 0 radical (unpaired) electrons. The highest BCUT2D eigenvalue weighted by Crippen LogP contribution is 2.30. The van der Waals surface area contributed by atoms with Crippen LogP contribution in [-0.4, -0.2) is 21.2 Å². The zero-order valence-corrected chi connectivity index (χ0v) is 12.8. The van der Waals surface area contributed by atoms with E-state index in [2.05, 4.69) is 25.5 Å². The van der Waals surface area contributed by atoms with Crippen LogP contribution in [0.3, 0.4) is 0 Å². The zero-order chi connectivity index (χ0) is 17.7. The number of alkyl halides is 3. The largest absolute Gasteiger partial charge is 0.433 e. The molecule has 0 fully saturated rings. The summed E-state index contributed by atoms with van der Waals surface area (Å²) >= 11 is 0. The van der Waals surface area contributed by atoms with Gasteiger partial charge in [-0.1, -0.05) is 36.4 Å². The lowest BCUT2D eigenvalue weighted by Gasteiger charge is -2.10. The topological polar surface area (TPSA) is 63.1 Å². The second-order valence-electron chi connectivity index (χ2n) is 4.98. The Morgan fingerprint density at radius 2 is 1.80 bits per heavy atom. The first kappa shape index (κ1) is 16.6. The fourth-order valence-electron chi connectivity index (χ4n) is 1.99. The lowest BCUT2D eigenvalue weighted by molar-refractivity contribution is -0.141. The maximum Gasteiger partial charge on any atom is 0.433 e. The molecule has 0 bridgehead atoms. The molecule has 5 nitrogen and oxygen atoms in total. The maximum absolute atomic E-state index is 13.1. The van der Waals surface area contributed by atoms with Gasteiger partial charge in [0.2, 0.25) is 0 Å². The Balaban J connectivity index is 1.91. The first-order valence-electron chi connectivity index (χ1n) is 7.23. The van der Waals surface area contributed by atoms with Gasteiger partial charge >= 0.3 is 6.18 Å². The number of rotatable bonds is 4. The Morgan fingerprint density at radius 1 is 1.00 bits per heavy atom. The highest BCUT2D eigenvalue weighted by atomic mass is 19.4. The van der Waals surface area contributed by atoms with Crippen molar-refractivity contribution in [1.29, 1.82) is 0 Å². The molecule has 0 atom stereocenters. The summed E-state index contributed by atoms with van der Waals surface area (Å²) in [6.45, 7) is 0. The van der Waals surface area contributed by atoms with Gasteiger partial charge in [-0.25, -0.2) is 9.97 Å². The minimum atomic E-state index is -4.59. The van der Waals surface area contributed by atoms with Crippen molar-refractivity contribution in [3.63, 3.8) is 0 Å². The van der Waals surface area contributed by atoms with Crippen molar-refractivity contribution in [3.05, 3.63) is 72.2 Å². The summed E-state index contributed by atoms with van der Waals surface area (Å²) in [6, 6.07) is 12.7. The molecule has 0 saturated heterocycles. The zero-order valence-electron chi connectivity index (χ0n) is 12.8. The maximum atomic E-state index is 13.1. The first-order chi connectivity index (χ1) is 12.0. The van der Waals surface area contributed by atoms with Gasteiger partial charge in [0, 0.05) is 29.6 Å². The van der Waals surface area contributed by atoms with Crippen LogP contribution in [0.2, 0.25) is 0 Å². The molecule has 1 N–H and O–H groups in total. The Labute approximate surface area is 141 Å². The highest BCUT2D eigenvalue weighted by molar-refractivity contribution is 5.79. The summed E-state index contributed by atoms with van der Waals surface area (Å²) in [7, 11) is 0. The summed E-state index contributed by atoms with van der Waals surface area (Å²) < 4.78 is 39.3. The fourth-order valence-corrected chi connectivity index (χ4v) is 1.99.